The molecule has 0 aromatic heterocycles. The quantitative estimate of drug-likeness (QED) is 0.708. The van der Waals surface area contributed by atoms with Crippen molar-refractivity contribution in [3.8, 4) is 0 Å². The van der Waals surface area contributed by atoms with Crippen molar-refractivity contribution in [1.82, 2.24) is 10.2 Å². The van der Waals surface area contributed by atoms with E-state index in [2.05, 4.69) is 37.9 Å². The minimum Gasteiger partial charge on any atom is -0.313 e. The van der Waals surface area contributed by atoms with Gasteiger partial charge in [0.25, 0.3) is 0 Å². The molecule has 0 aromatic rings. The predicted molar refractivity (Wildman–Crippen MR) is 81.1 cm³/mol. The van der Waals surface area contributed by atoms with E-state index in [4.69, 9.17) is 0 Å². The molecule has 2 heteroatoms. The Morgan fingerprint density at radius 3 is 2.28 bits per heavy atom. The summed E-state index contributed by atoms with van der Waals surface area (Å²) in [5.41, 5.74) is 0. The van der Waals surface area contributed by atoms with E-state index in [9.17, 15) is 0 Å². The second-order valence-corrected chi connectivity index (χ2v) is 6.13. The molecule has 0 aliphatic heterocycles. The molecule has 0 spiro atoms. The first-order chi connectivity index (χ1) is 8.69. The van der Waals surface area contributed by atoms with Gasteiger partial charge in [-0.25, -0.2) is 0 Å². The molecule has 1 rings (SSSR count). The van der Waals surface area contributed by atoms with Gasteiger partial charge in [-0.05, 0) is 25.8 Å². The van der Waals surface area contributed by atoms with Gasteiger partial charge in [0.15, 0.2) is 0 Å². The van der Waals surface area contributed by atoms with Crippen LogP contribution in [0.2, 0.25) is 0 Å². The van der Waals surface area contributed by atoms with E-state index in [0.29, 0.717) is 6.04 Å². The summed E-state index contributed by atoms with van der Waals surface area (Å²) in [6.07, 6.45) is 9.83. The van der Waals surface area contributed by atoms with Gasteiger partial charge in [-0.15, -0.1) is 0 Å². The lowest BCUT2D eigenvalue weighted by atomic mass is 9.92. The molecule has 1 N–H and O–H groups in total. The first kappa shape index (κ1) is 16.0. The average molecular weight is 254 g/mol. The summed E-state index contributed by atoms with van der Waals surface area (Å²) in [4.78, 5) is 2.79. The minimum atomic E-state index is 0.606. The van der Waals surface area contributed by atoms with E-state index in [1.54, 1.807) is 0 Å². The van der Waals surface area contributed by atoms with Crippen LogP contribution in [0.4, 0.5) is 0 Å². The van der Waals surface area contributed by atoms with Crippen molar-refractivity contribution < 1.29 is 0 Å². The van der Waals surface area contributed by atoms with E-state index < -0.39 is 0 Å². The molecule has 2 nitrogen and oxygen atoms in total. The minimum absolute atomic E-state index is 0.606. The van der Waals surface area contributed by atoms with Crippen LogP contribution in [0, 0.1) is 0 Å². The molecule has 0 bridgehead atoms. The van der Waals surface area contributed by atoms with Crippen molar-refractivity contribution >= 4 is 0 Å². The third kappa shape index (κ3) is 5.27. The summed E-state index contributed by atoms with van der Waals surface area (Å²) in [5, 5.41) is 3.64. The van der Waals surface area contributed by atoms with Crippen molar-refractivity contribution in [1.29, 1.82) is 0 Å². The van der Waals surface area contributed by atoms with Crippen LogP contribution in [0.25, 0.3) is 0 Å². The maximum absolute atomic E-state index is 3.64. The van der Waals surface area contributed by atoms with Gasteiger partial charge in [-0.2, -0.15) is 0 Å². The average Bonchev–Trinajstić information content (AvgIpc) is 2.38. The van der Waals surface area contributed by atoms with Crippen LogP contribution in [0.15, 0.2) is 0 Å². The first-order valence-electron chi connectivity index (χ1n) is 8.18. The Balaban J connectivity index is 2.54. The van der Waals surface area contributed by atoms with Crippen LogP contribution in [-0.4, -0.2) is 36.1 Å². The lowest BCUT2D eigenvalue weighted by Crippen LogP contribution is -2.49. The van der Waals surface area contributed by atoms with Gasteiger partial charge in [0.05, 0.1) is 0 Å². The van der Waals surface area contributed by atoms with Gasteiger partial charge in [0.1, 0.15) is 0 Å². The molecule has 1 unspecified atom stereocenters. The molecule has 108 valence electrons. The highest BCUT2D eigenvalue weighted by Crippen LogP contribution is 2.25. The zero-order valence-electron chi connectivity index (χ0n) is 13.0. The SMILES string of the molecule is CCCC(CNC(C)C)N(CC)C1CCCCC1. The van der Waals surface area contributed by atoms with E-state index in [1.807, 2.05) is 0 Å². The number of nitrogens with one attached hydrogen (secondary N) is 1. The Hall–Kier alpha value is -0.0800. The molecule has 0 heterocycles. The Kier molecular flexibility index (Phi) is 7.92. The number of likely N-dealkylation sites (N-methyl/N-ethyl adjacent to an activating group) is 1. The summed E-state index contributed by atoms with van der Waals surface area (Å²) >= 11 is 0. The highest BCUT2D eigenvalue weighted by molar-refractivity contribution is 4.82. The Morgan fingerprint density at radius 1 is 1.11 bits per heavy atom. The fourth-order valence-corrected chi connectivity index (χ4v) is 3.32. The molecule has 1 fully saturated rings. The van der Waals surface area contributed by atoms with Crippen molar-refractivity contribution in [2.24, 2.45) is 0 Å². The van der Waals surface area contributed by atoms with Crippen LogP contribution in [0.3, 0.4) is 0 Å². The van der Waals surface area contributed by atoms with Crippen LogP contribution in [-0.2, 0) is 0 Å². The normalized spacial score (nSPS) is 19.7. The molecule has 0 aromatic carbocycles. The summed E-state index contributed by atoms with van der Waals surface area (Å²) in [5.74, 6) is 0. The Labute approximate surface area is 115 Å². The molecule has 0 amide bonds. The highest BCUT2D eigenvalue weighted by atomic mass is 15.2. The van der Waals surface area contributed by atoms with Gasteiger partial charge in [-0.1, -0.05) is 53.4 Å². The standard InChI is InChI=1S/C16H34N2/c1-5-10-16(13-17-14(3)4)18(6-2)15-11-8-7-9-12-15/h14-17H,5-13H2,1-4H3. The monoisotopic (exact) mass is 254 g/mol. The largest absolute Gasteiger partial charge is 0.313 e. The lowest BCUT2D eigenvalue weighted by Gasteiger charge is -2.40. The maximum Gasteiger partial charge on any atom is 0.0223 e. The smallest absolute Gasteiger partial charge is 0.0223 e. The number of hydrogen-bond donors (Lipinski definition) is 1. The molecular formula is C16H34N2. The summed E-state index contributed by atoms with van der Waals surface area (Å²) in [6.45, 7) is 11.5. The van der Waals surface area contributed by atoms with E-state index in [0.717, 1.165) is 18.6 Å². The van der Waals surface area contributed by atoms with Crippen molar-refractivity contribution in [2.75, 3.05) is 13.1 Å². The Bertz CT molecular complexity index is 197. The molecular weight excluding hydrogens is 220 g/mol. The molecule has 1 saturated carbocycles. The van der Waals surface area contributed by atoms with Gasteiger partial charge < -0.3 is 5.32 Å². The number of hydrogen-bond acceptors (Lipinski definition) is 2. The predicted octanol–water partition coefficient (Wildman–Crippen LogP) is 3.81. The molecule has 1 aliphatic rings. The fraction of sp³-hybridized carbons (Fsp3) is 1.00. The van der Waals surface area contributed by atoms with E-state index >= 15 is 0 Å². The molecule has 1 aliphatic carbocycles. The molecule has 18 heavy (non-hydrogen) atoms. The topological polar surface area (TPSA) is 15.3 Å². The third-order valence-corrected chi connectivity index (χ3v) is 4.26. The summed E-state index contributed by atoms with van der Waals surface area (Å²) in [7, 11) is 0. The second kappa shape index (κ2) is 8.92. The number of rotatable bonds is 8. The zero-order valence-corrected chi connectivity index (χ0v) is 13.0. The van der Waals surface area contributed by atoms with Crippen molar-refractivity contribution in [3.63, 3.8) is 0 Å². The second-order valence-electron chi connectivity index (χ2n) is 6.13. The van der Waals surface area contributed by atoms with Gasteiger partial charge in [0.2, 0.25) is 0 Å². The lowest BCUT2D eigenvalue weighted by molar-refractivity contribution is 0.102. The van der Waals surface area contributed by atoms with E-state index in [-0.39, 0.29) is 0 Å². The van der Waals surface area contributed by atoms with Crippen molar-refractivity contribution in [2.45, 2.75) is 90.8 Å². The van der Waals surface area contributed by atoms with Crippen molar-refractivity contribution in [3.05, 3.63) is 0 Å². The van der Waals surface area contributed by atoms with Crippen LogP contribution < -0.4 is 5.32 Å². The Morgan fingerprint density at radius 2 is 1.78 bits per heavy atom. The van der Waals surface area contributed by atoms with Gasteiger partial charge >= 0.3 is 0 Å². The van der Waals surface area contributed by atoms with Crippen LogP contribution >= 0.6 is 0 Å². The maximum atomic E-state index is 3.64. The number of nitrogens with zero attached hydrogens (tertiary/aromatic N) is 1. The van der Waals surface area contributed by atoms with Crippen LogP contribution in [0.5, 0.6) is 0 Å². The molecule has 0 saturated heterocycles. The summed E-state index contributed by atoms with van der Waals surface area (Å²) in [6, 6.07) is 2.20. The summed E-state index contributed by atoms with van der Waals surface area (Å²) < 4.78 is 0. The van der Waals surface area contributed by atoms with E-state index in [1.165, 1.54) is 51.5 Å². The highest BCUT2D eigenvalue weighted by Gasteiger charge is 2.25. The molecule has 1 atom stereocenters. The van der Waals surface area contributed by atoms with Gasteiger partial charge in [0, 0.05) is 24.7 Å². The zero-order chi connectivity index (χ0) is 13.4. The first-order valence-corrected chi connectivity index (χ1v) is 8.18. The van der Waals surface area contributed by atoms with Crippen LogP contribution in [0.1, 0.15) is 72.6 Å². The van der Waals surface area contributed by atoms with Gasteiger partial charge in [-0.3, -0.25) is 4.90 Å². The molecule has 0 radical (unpaired) electrons. The fourth-order valence-electron chi connectivity index (χ4n) is 3.32. The third-order valence-electron chi connectivity index (χ3n) is 4.26.